The summed E-state index contributed by atoms with van der Waals surface area (Å²) in [5, 5.41) is 0.882. The van der Waals surface area contributed by atoms with Gasteiger partial charge in [0, 0.05) is 5.02 Å². The fraction of sp³-hybridized carbons (Fsp3) is 0.250. The van der Waals surface area contributed by atoms with Crippen molar-refractivity contribution in [2.45, 2.75) is 25.7 Å². The maximum absolute atomic E-state index is 6.15. The van der Waals surface area contributed by atoms with Gasteiger partial charge in [0.25, 0.3) is 0 Å². The van der Waals surface area contributed by atoms with Gasteiger partial charge in [-0.25, -0.2) is 0 Å². The summed E-state index contributed by atoms with van der Waals surface area (Å²) in [7, 11) is 0. The van der Waals surface area contributed by atoms with Crippen LogP contribution in [0, 0.1) is 0 Å². The molecule has 0 amide bonds. The van der Waals surface area contributed by atoms with Gasteiger partial charge < -0.3 is 0 Å². The molecule has 17 heavy (non-hydrogen) atoms. The SMILES string of the molecule is C[C@@H](CCc1ccccc1Cl)c1ccccc1. The lowest BCUT2D eigenvalue weighted by Crippen LogP contribution is -1.96. The maximum atomic E-state index is 6.15. The highest BCUT2D eigenvalue weighted by Crippen LogP contribution is 2.23. The van der Waals surface area contributed by atoms with Crippen molar-refractivity contribution in [1.29, 1.82) is 0 Å². The smallest absolute Gasteiger partial charge is 0.0437 e. The van der Waals surface area contributed by atoms with Gasteiger partial charge in [0.2, 0.25) is 0 Å². The third-order valence-corrected chi connectivity index (χ3v) is 3.54. The first kappa shape index (κ1) is 12.2. The van der Waals surface area contributed by atoms with E-state index in [4.69, 9.17) is 11.6 Å². The number of hydrogen-bond acceptors (Lipinski definition) is 0. The molecule has 0 heterocycles. The zero-order valence-electron chi connectivity index (χ0n) is 10.1. The first-order chi connectivity index (χ1) is 8.27. The number of rotatable bonds is 4. The molecule has 0 radical (unpaired) electrons. The molecule has 0 aliphatic carbocycles. The number of benzene rings is 2. The highest BCUT2D eigenvalue weighted by molar-refractivity contribution is 6.31. The van der Waals surface area contributed by atoms with E-state index in [1.54, 1.807) is 0 Å². The lowest BCUT2D eigenvalue weighted by Gasteiger charge is -2.12. The second-order valence-corrected chi connectivity index (χ2v) is 4.85. The minimum absolute atomic E-state index is 0.576. The van der Waals surface area contributed by atoms with Crippen molar-refractivity contribution in [1.82, 2.24) is 0 Å². The molecule has 2 aromatic rings. The minimum atomic E-state index is 0.576. The van der Waals surface area contributed by atoms with Crippen LogP contribution in [0.4, 0.5) is 0 Å². The lowest BCUT2D eigenvalue weighted by atomic mass is 9.94. The van der Waals surface area contributed by atoms with Crippen molar-refractivity contribution < 1.29 is 0 Å². The van der Waals surface area contributed by atoms with E-state index in [9.17, 15) is 0 Å². The molecule has 88 valence electrons. The number of halogens is 1. The van der Waals surface area contributed by atoms with E-state index in [0.717, 1.165) is 17.9 Å². The summed E-state index contributed by atoms with van der Waals surface area (Å²) in [6.45, 7) is 2.27. The average Bonchev–Trinajstić information content (AvgIpc) is 2.38. The van der Waals surface area contributed by atoms with Gasteiger partial charge >= 0.3 is 0 Å². The van der Waals surface area contributed by atoms with Crippen LogP contribution in [0.25, 0.3) is 0 Å². The van der Waals surface area contributed by atoms with Gasteiger partial charge in [0.1, 0.15) is 0 Å². The molecule has 0 saturated carbocycles. The van der Waals surface area contributed by atoms with Crippen LogP contribution in [0.15, 0.2) is 54.6 Å². The molecule has 2 rings (SSSR count). The topological polar surface area (TPSA) is 0 Å². The fourth-order valence-corrected chi connectivity index (χ4v) is 2.25. The van der Waals surface area contributed by atoms with Crippen LogP contribution in [0.3, 0.4) is 0 Å². The molecule has 0 aliphatic rings. The Kier molecular flexibility index (Phi) is 4.22. The third-order valence-electron chi connectivity index (χ3n) is 3.17. The molecular formula is C16H17Cl. The molecule has 0 bridgehead atoms. The van der Waals surface area contributed by atoms with Crippen LogP contribution in [0.5, 0.6) is 0 Å². The van der Waals surface area contributed by atoms with E-state index >= 15 is 0 Å². The quantitative estimate of drug-likeness (QED) is 0.704. The first-order valence-corrected chi connectivity index (χ1v) is 6.43. The van der Waals surface area contributed by atoms with E-state index in [-0.39, 0.29) is 0 Å². The number of aryl methyl sites for hydroxylation is 1. The Balaban J connectivity index is 1.97. The molecule has 0 aliphatic heterocycles. The molecule has 0 fully saturated rings. The van der Waals surface area contributed by atoms with Gasteiger partial charge in [-0.15, -0.1) is 0 Å². The molecule has 1 heteroatoms. The van der Waals surface area contributed by atoms with Crippen molar-refractivity contribution >= 4 is 11.6 Å². The Bertz CT molecular complexity index is 462. The minimum Gasteiger partial charge on any atom is -0.0840 e. The van der Waals surface area contributed by atoms with Crippen LogP contribution in [0.2, 0.25) is 5.02 Å². The Morgan fingerprint density at radius 1 is 0.941 bits per heavy atom. The van der Waals surface area contributed by atoms with Crippen LogP contribution in [0.1, 0.15) is 30.4 Å². The third kappa shape index (κ3) is 3.34. The summed E-state index contributed by atoms with van der Waals surface area (Å²) >= 11 is 6.15. The second kappa shape index (κ2) is 5.88. The second-order valence-electron chi connectivity index (χ2n) is 4.44. The van der Waals surface area contributed by atoms with E-state index in [1.807, 2.05) is 18.2 Å². The van der Waals surface area contributed by atoms with Gasteiger partial charge in [-0.1, -0.05) is 67.1 Å². The Morgan fingerprint density at radius 3 is 2.29 bits per heavy atom. The monoisotopic (exact) mass is 244 g/mol. The van der Waals surface area contributed by atoms with Crippen LogP contribution in [-0.2, 0) is 6.42 Å². The van der Waals surface area contributed by atoms with Crippen molar-refractivity contribution in [3.05, 3.63) is 70.7 Å². The van der Waals surface area contributed by atoms with Crippen molar-refractivity contribution in [2.24, 2.45) is 0 Å². The first-order valence-electron chi connectivity index (χ1n) is 6.05. The van der Waals surface area contributed by atoms with Gasteiger partial charge in [0.15, 0.2) is 0 Å². The molecule has 1 atom stereocenters. The van der Waals surface area contributed by atoms with Crippen molar-refractivity contribution in [2.75, 3.05) is 0 Å². The predicted molar refractivity (Wildman–Crippen MR) is 74.6 cm³/mol. The summed E-state index contributed by atoms with van der Waals surface area (Å²) in [6.07, 6.45) is 2.17. The van der Waals surface area contributed by atoms with Gasteiger partial charge in [-0.3, -0.25) is 0 Å². The van der Waals surface area contributed by atoms with E-state index in [2.05, 4.69) is 43.3 Å². The zero-order valence-corrected chi connectivity index (χ0v) is 10.8. The molecule has 0 unspecified atom stereocenters. The molecule has 0 N–H and O–H groups in total. The lowest BCUT2D eigenvalue weighted by molar-refractivity contribution is 0.680. The Morgan fingerprint density at radius 2 is 1.59 bits per heavy atom. The largest absolute Gasteiger partial charge is 0.0840 e. The van der Waals surface area contributed by atoms with E-state index < -0.39 is 0 Å². The summed E-state index contributed by atoms with van der Waals surface area (Å²) in [5.74, 6) is 0.576. The van der Waals surface area contributed by atoms with Gasteiger partial charge in [-0.2, -0.15) is 0 Å². The fourth-order valence-electron chi connectivity index (χ4n) is 2.02. The summed E-state index contributed by atoms with van der Waals surface area (Å²) in [4.78, 5) is 0. The van der Waals surface area contributed by atoms with Crippen LogP contribution >= 0.6 is 11.6 Å². The highest BCUT2D eigenvalue weighted by atomic mass is 35.5. The van der Waals surface area contributed by atoms with E-state index in [1.165, 1.54) is 11.1 Å². The Hall–Kier alpha value is -1.27. The highest BCUT2D eigenvalue weighted by Gasteiger charge is 2.06. The summed E-state index contributed by atoms with van der Waals surface area (Å²) in [5.41, 5.74) is 2.65. The standard InChI is InChI=1S/C16H17Cl/c1-13(14-7-3-2-4-8-14)11-12-15-9-5-6-10-16(15)17/h2-10,13H,11-12H2,1H3/t13-/m0/s1. The van der Waals surface area contributed by atoms with Gasteiger partial charge in [0.05, 0.1) is 0 Å². The van der Waals surface area contributed by atoms with E-state index in [0.29, 0.717) is 5.92 Å². The molecule has 2 aromatic carbocycles. The maximum Gasteiger partial charge on any atom is 0.0437 e. The predicted octanol–water partition coefficient (Wildman–Crippen LogP) is 5.08. The van der Waals surface area contributed by atoms with Crippen molar-refractivity contribution in [3.8, 4) is 0 Å². The molecule has 0 spiro atoms. The molecular weight excluding hydrogens is 228 g/mol. The molecule has 0 saturated heterocycles. The normalized spacial score (nSPS) is 12.4. The summed E-state index contributed by atoms with van der Waals surface area (Å²) in [6, 6.07) is 18.7. The molecule has 0 nitrogen and oxygen atoms in total. The summed E-state index contributed by atoms with van der Waals surface area (Å²) < 4.78 is 0. The average molecular weight is 245 g/mol. The zero-order chi connectivity index (χ0) is 12.1. The van der Waals surface area contributed by atoms with Crippen LogP contribution in [-0.4, -0.2) is 0 Å². The van der Waals surface area contributed by atoms with Gasteiger partial charge in [-0.05, 0) is 36.0 Å². The van der Waals surface area contributed by atoms with Crippen LogP contribution < -0.4 is 0 Å². The Labute approximate surface area is 108 Å². The number of hydrogen-bond donors (Lipinski definition) is 0. The van der Waals surface area contributed by atoms with Crippen molar-refractivity contribution in [3.63, 3.8) is 0 Å². The molecule has 0 aromatic heterocycles.